The fourth-order valence-electron chi connectivity index (χ4n) is 5.58. The lowest BCUT2D eigenvalue weighted by Crippen LogP contribution is -2.23. The minimum Gasteiger partial charge on any atom is -0.326 e. The molecule has 1 aliphatic heterocycles. The van der Waals surface area contributed by atoms with Crippen LogP contribution in [-0.2, 0) is 25.9 Å². The molecule has 1 aliphatic carbocycles. The SMILES string of the molecule is C=C1CCc2c(cc3n(c2=S)Cc2c-3nc3cc(CCC)c(C)cc3c2CNC(C)C)C1C. The van der Waals surface area contributed by atoms with Crippen LogP contribution in [0.1, 0.15) is 79.8 Å². The topological polar surface area (TPSA) is 29.9 Å². The first-order valence-electron chi connectivity index (χ1n) is 12.4. The van der Waals surface area contributed by atoms with Crippen molar-refractivity contribution in [3.63, 3.8) is 0 Å². The lowest BCUT2D eigenvalue weighted by Gasteiger charge is -2.26. The summed E-state index contributed by atoms with van der Waals surface area (Å²) in [7, 11) is 0. The molecule has 1 aromatic carbocycles. The summed E-state index contributed by atoms with van der Waals surface area (Å²) in [6.45, 7) is 17.2. The molecule has 0 fully saturated rings. The number of rotatable bonds is 5. The summed E-state index contributed by atoms with van der Waals surface area (Å²) < 4.78 is 3.33. The Morgan fingerprint density at radius 3 is 2.73 bits per heavy atom. The molecule has 0 spiro atoms. The van der Waals surface area contributed by atoms with E-state index in [0.29, 0.717) is 12.0 Å². The Hall–Kier alpha value is -2.30. The Labute approximate surface area is 203 Å². The predicted octanol–water partition coefficient (Wildman–Crippen LogP) is 7.16. The maximum atomic E-state index is 6.07. The number of hydrogen-bond donors (Lipinski definition) is 1. The van der Waals surface area contributed by atoms with Gasteiger partial charge in [0, 0.05) is 29.5 Å². The maximum absolute atomic E-state index is 6.07. The molecule has 3 nitrogen and oxygen atoms in total. The monoisotopic (exact) mass is 457 g/mol. The molecule has 0 saturated carbocycles. The highest BCUT2D eigenvalue weighted by Gasteiger charge is 2.30. The van der Waals surface area contributed by atoms with E-state index in [0.717, 1.165) is 54.6 Å². The van der Waals surface area contributed by atoms with Gasteiger partial charge in [-0.1, -0.05) is 58.5 Å². The summed E-state index contributed by atoms with van der Waals surface area (Å²) in [4.78, 5) is 5.29. The van der Waals surface area contributed by atoms with E-state index in [-0.39, 0.29) is 0 Å². The standard InChI is InChI=1S/C29H35N3S/c1-7-8-20-12-26-23(11-18(20)5)24(14-30-16(2)3)25-15-32-27(28(25)31-26)13-22-19(6)17(4)9-10-21(22)29(32)33/h11-13,16,19,30H,4,7-10,14-15H2,1-3,5-6H3. The Morgan fingerprint density at radius 1 is 1.21 bits per heavy atom. The average Bonchev–Trinajstić information content (AvgIpc) is 3.14. The number of hydrogen-bond acceptors (Lipinski definition) is 3. The zero-order valence-electron chi connectivity index (χ0n) is 20.6. The first-order chi connectivity index (χ1) is 15.8. The van der Waals surface area contributed by atoms with Crippen molar-refractivity contribution in [2.24, 2.45) is 0 Å². The molecular weight excluding hydrogens is 422 g/mol. The minimum atomic E-state index is 0.353. The molecule has 0 saturated heterocycles. The molecule has 1 unspecified atom stereocenters. The number of aryl methyl sites for hydroxylation is 2. The lowest BCUT2D eigenvalue weighted by atomic mass is 9.81. The van der Waals surface area contributed by atoms with Crippen LogP contribution >= 0.6 is 12.2 Å². The molecule has 0 radical (unpaired) electrons. The van der Waals surface area contributed by atoms with Gasteiger partial charge in [-0.25, -0.2) is 4.98 Å². The second-order valence-electron chi connectivity index (χ2n) is 10.2. The molecule has 3 heterocycles. The summed E-state index contributed by atoms with van der Waals surface area (Å²) in [6.07, 6.45) is 4.28. The van der Waals surface area contributed by atoms with Gasteiger partial charge in [-0.15, -0.1) is 0 Å². The molecule has 0 amide bonds. The van der Waals surface area contributed by atoms with Gasteiger partial charge in [0.25, 0.3) is 0 Å². The third-order valence-corrected chi connectivity index (χ3v) is 8.10. The highest BCUT2D eigenvalue weighted by atomic mass is 32.1. The predicted molar refractivity (Wildman–Crippen MR) is 142 cm³/mol. The fourth-order valence-corrected chi connectivity index (χ4v) is 5.96. The van der Waals surface area contributed by atoms with Crippen LogP contribution in [0, 0.1) is 11.6 Å². The van der Waals surface area contributed by atoms with E-state index in [1.54, 1.807) is 0 Å². The normalized spacial score (nSPS) is 16.9. The first-order valence-corrected chi connectivity index (χ1v) is 12.8. The van der Waals surface area contributed by atoms with Gasteiger partial charge in [0.15, 0.2) is 0 Å². The van der Waals surface area contributed by atoms with Crippen molar-refractivity contribution < 1.29 is 0 Å². The first kappa shape index (κ1) is 22.5. The van der Waals surface area contributed by atoms with Crippen LogP contribution in [0.2, 0.25) is 0 Å². The summed E-state index contributed by atoms with van der Waals surface area (Å²) >= 11 is 6.07. The molecule has 2 aliphatic rings. The van der Waals surface area contributed by atoms with E-state index in [1.807, 2.05) is 0 Å². The van der Waals surface area contributed by atoms with Crippen LogP contribution in [0.15, 0.2) is 30.4 Å². The van der Waals surface area contributed by atoms with Gasteiger partial charge < -0.3 is 9.88 Å². The fraction of sp³-hybridized carbons (Fsp3) is 0.448. The molecule has 1 atom stereocenters. The minimum absolute atomic E-state index is 0.353. The average molecular weight is 458 g/mol. The molecule has 4 heteroatoms. The van der Waals surface area contributed by atoms with Gasteiger partial charge in [0.2, 0.25) is 0 Å². The van der Waals surface area contributed by atoms with Gasteiger partial charge in [0.05, 0.1) is 23.4 Å². The number of nitrogens with one attached hydrogen (secondary N) is 1. The number of benzene rings is 1. The third kappa shape index (κ3) is 3.68. The van der Waals surface area contributed by atoms with Crippen molar-refractivity contribution in [2.45, 2.75) is 85.4 Å². The van der Waals surface area contributed by atoms with Crippen molar-refractivity contribution in [1.82, 2.24) is 14.9 Å². The number of aromatic nitrogens is 2. The summed E-state index contributed by atoms with van der Waals surface area (Å²) in [5, 5.41) is 4.96. The van der Waals surface area contributed by atoms with Crippen molar-refractivity contribution in [1.29, 1.82) is 0 Å². The number of fused-ring (bicyclic) bond motifs is 5. The molecule has 2 aromatic heterocycles. The quantitative estimate of drug-likeness (QED) is 0.255. The van der Waals surface area contributed by atoms with E-state index >= 15 is 0 Å². The number of allylic oxidation sites excluding steroid dienone is 1. The summed E-state index contributed by atoms with van der Waals surface area (Å²) in [5.41, 5.74) is 12.9. The van der Waals surface area contributed by atoms with Crippen LogP contribution in [0.25, 0.3) is 22.3 Å². The van der Waals surface area contributed by atoms with E-state index in [9.17, 15) is 0 Å². The molecule has 1 N–H and O–H groups in total. The van der Waals surface area contributed by atoms with Gasteiger partial charge in [-0.05, 0) is 72.2 Å². The highest BCUT2D eigenvalue weighted by molar-refractivity contribution is 7.71. The molecule has 5 rings (SSSR count). The largest absolute Gasteiger partial charge is 0.326 e. The third-order valence-electron chi connectivity index (χ3n) is 7.64. The summed E-state index contributed by atoms with van der Waals surface area (Å²) in [5.74, 6) is 0.353. The van der Waals surface area contributed by atoms with E-state index in [1.165, 1.54) is 50.0 Å². The Balaban J connectivity index is 1.77. The molecule has 0 bridgehead atoms. The molecular formula is C29H35N3S. The molecule has 33 heavy (non-hydrogen) atoms. The Kier molecular flexibility index (Phi) is 5.78. The van der Waals surface area contributed by atoms with E-state index in [2.05, 4.69) is 69.3 Å². The van der Waals surface area contributed by atoms with Crippen LogP contribution < -0.4 is 5.32 Å². The van der Waals surface area contributed by atoms with Crippen LogP contribution in [0.5, 0.6) is 0 Å². The van der Waals surface area contributed by atoms with Crippen LogP contribution in [-0.4, -0.2) is 15.6 Å². The van der Waals surface area contributed by atoms with Crippen molar-refractivity contribution >= 4 is 23.1 Å². The molecule has 172 valence electrons. The van der Waals surface area contributed by atoms with Gasteiger partial charge >= 0.3 is 0 Å². The van der Waals surface area contributed by atoms with Crippen LogP contribution in [0.3, 0.4) is 0 Å². The highest BCUT2D eigenvalue weighted by Crippen LogP contribution is 2.42. The van der Waals surface area contributed by atoms with E-state index < -0.39 is 0 Å². The maximum Gasteiger partial charge on any atom is 0.110 e. The lowest BCUT2D eigenvalue weighted by molar-refractivity contribution is 0.587. The number of nitrogens with zero attached hydrogens (tertiary/aromatic N) is 2. The zero-order chi connectivity index (χ0) is 23.4. The van der Waals surface area contributed by atoms with Gasteiger partial charge in [-0.3, -0.25) is 0 Å². The van der Waals surface area contributed by atoms with E-state index in [4.69, 9.17) is 17.2 Å². The van der Waals surface area contributed by atoms with Crippen molar-refractivity contribution in [3.8, 4) is 11.4 Å². The van der Waals surface area contributed by atoms with Crippen molar-refractivity contribution in [2.75, 3.05) is 0 Å². The second kappa shape index (κ2) is 8.48. The van der Waals surface area contributed by atoms with Crippen molar-refractivity contribution in [3.05, 3.63) is 68.4 Å². The number of pyridine rings is 2. The van der Waals surface area contributed by atoms with Gasteiger partial charge in [-0.2, -0.15) is 0 Å². The Morgan fingerprint density at radius 2 is 2.00 bits per heavy atom. The van der Waals surface area contributed by atoms with Crippen LogP contribution in [0.4, 0.5) is 0 Å². The zero-order valence-corrected chi connectivity index (χ0v) is 21.5. The Bertz CT molecular complexity index is 1350. The second-order valence-corrected chi connectivity index (χ2v) is 10.6. The smallest absolute Gasteiger partial charge is 0.110 e. The summed E-state index contributed by atoms with van der Waals surface area (Å²) in [6, 6.07) is 7.48. The van der Waals surface area contributed by atoms with Gasteiger partial charge in [0.1, 0.15) is 4.64 Å². The molecule has 3 aromatic rings.